The molecule has 0 aromatic heterocycles. The fourth-order valence-electron chi connectivity index (χ4n) is 2.15. The quantitative estimate of drug-likeness (QED) is 0.207. The second-order valence-electron chi connectivity index (χ2n) is 7.18. The lowest BCUT2D eigenvalue weighted by atomic mass is 9.86. The highest BCUT2D eigenvalue weighted by molar-refractivity contribution is 7.80. The van der Waals surface area contributed by atoms with Crippen LogP contribution in [0.2, 0.25) is 0 Å². The molecule has 1 atom stereocenters. The summed E-state index contributed by atoms with van der Waals surface area (Å²) in [6, 6.07) is 0. The van der Waals surface area contributed by atoms with Crippen molar-refractivity contribution in [2.75, 3.05) is 25.4 Å². The van der Waals surface area contributed by atoms with Crippen molar-refractivity contribution in [2.24, 2.45) is 5.41 Å². The average molecular weight is 415 g/mol. The van der Waals surface area contributed by atoms with E-state index in [1.807, 2.05) is 6.08 Å². The molecule has 0 fully saturated rings. The molecule has 0 heterocycles. The molecule has 0 aromatic rings. The van der Waals surface area contributed by atoms with Crippen LogP contribution in [0.3, 0.4) is 0 Å². The molecule has 28 heavy (non-hydrogen) atoms. The van der Waals surface area contributed by atoms with E-state index in [0.717, 1.165) is 24.2 Å². The van der Waals surface area contributed by atoms with Gasteiger partial charge in [0.2, 0.25) is 11.8 Å². The van der Waals surface area contributed by atoms with Gasteiger partial charge in [0.05, 0.1) is 13.0 Å². The van der Waals surface area contributed by atoms with Gasteiger partial charge >= 0.3 is 0 Å². The van der Waals surface area contributed by atoms with E-state index in [9.17, 15) is 24.6 Å². The number of hydrogen-bond donors (Lipinski definition) is 4. The van der Waals surface area contributed by atoms with Crippen LogP contribution in [0.25, 0.3) is 0 Å². The minimum atomic E-state index is -1.56. The first-order valence-corrected chi connectivity index (χ1v) is 10.2. The monoisotopic (exact) mass is 414 g/mol. The van der Waals surface area contributed by atoms with Crippen LogP contribution in [0.5, 0.6) is 0 Å². The molecule has 0 aliphatic rings. The number of rotatable bonds is 13. The zero-order valence-electron chi connectivity index (χ0n) is 17.1. The van der Waals surface area contributed by atoms with Gasteiger partial charge in [-0.05, 0) is 25.0 Å². The van der Waals surface area contributed by atoms with Crippen LogP contribution in [0.1, 0.15) is 52.9 Å². The Balaban J connectivity index is 5.15. The number of aliphatic hydroxyl groups is 2. The van der Waals surface area contributed by atoms with E-state index in [-0.39, 0.29) is 25.3 Å². The first-order chi connectivity index (χ1) is 13.2. The summed E-state index contributed by atoms with van der Waals surface area (Å²) in [5.41, 5.74) is 1.80. The molecule has 3 amide bonds. The van der Waals surface area contributed by atoms with Crippen LogP contribution in [-0.2, 0) is 14.4 Å². The van der Waals surface area contributed by atoms with Gasteiger partial charge in [-0.15, -0.1) is 5.73 Å². The normalized spacial score (nSPS) is 11.9. The standard InChI is InChI=1S/C20H34N2O5S/c1-4-5-6-7-8-9-10-17(25)22(13-11-16(24)21-12-14-28)19(27)18(26)20(2,3)15-23/h7,9,18,23,26,28H,4-6,10-15H2,1-3H3,(H,21,24)/t8?,18-/m1/s1. The zero-order chi connectivity index (χ0) is 21.6. The predicted octanol–water partition coefficient (Wildman–Crippen LogP) is 1.45. The minimum absolute atomic E-state index is 0.0705. The van der Waals surface area contributed by atoms with Crippen LogP contribution in [0.4, 0.5) is 0 Å². The Morgan fingerprint density at radius 3 is 2.54 bits per heavy atom. The average Bonchev–Trinajstić information content (AvgIpc) is 2.68. The summed E-state index contributed by atoms with van der Waals surface area (Å²) in [5.74, 6) is -1.19. The molecule has 0 spiro atoms. The molecule has 0 radical (unpaired) electrons. The molecule has 0 saturated carbocycles. The summed E-state index contributed by atoms with van der Waals surface area (Å²) in [6.45, 7) is 4.93. The smallest absolute Gasteiger partial charge is 0.258 e. The maximum absolute atomic E-state index is 12.6. The molecule has 0 aromatic carbocycles. The third-order valence-electron chi connectivity index (χ3n) is 4.16. The number of nitrogens with zero attached hydrogens (tertiary/aromatic N) is 1. The van der Waals surface area contributed by atoms with Crippen molar-refractivity contribution >= 4 is 30.4 Å². The van der Waals surface area contributed by atoms with Crippen molar-refractivity contribution in [1.82, 2.24) is 10.2 Å². The van der Waals surface area contributed by atoms with E-state index in [0.29, 0.717) is 12.3 Å². The van der Waals surface area contributed by atoms with Crippen molar-refractivity contribution in [2.45, 2.75) is 59.0 Å². The SMILES string of the molecule is CCCCC=C=CCC(=O)N(CCC(=O)NCCS)C(=O)[C@@H](O)C(C)(C)CO. The van der Waals surface area contributed by atoms with E-state index >= 15 is 0 Å². The Hall–Kier alpha value is -1.60. The molecular weight excluding hydrogens is 380 g/mol. The zero-order valence-corrected chi connectivity index (χ0v) is 18.0. The molecule has 0 aliphatic heterocycles. The number of nitrogens with one attached hydrogen (secondary N) is 1. The largest absolute Gasteiger partial charge is 0.396 e. The topological polar surface area (TPSA) is 107 Å². The van der Waals surface area contributed by atoms with Gasteiger partial charge in [0, 0.05) is 30.7 Å². The third kappa shape index (κ3) is 10.1. The molecule has 0 saturated heterocycles. The summed E-state index contributed by atoms with van der Waals surface area (Å²) in [6.07, 6.45) is 4.60. The van der Waals surface area contributed by atoms with Gasteiger partial charge in [-0.2, -0.15) is 12.6 Å². The van der Waals surface area contributed by atoms with Crippen molar-refractivity contribution in [1.29, 1.82) is 0 Å². The van der Waals surface area contributed by atoms with E-state index < -0.39 is 29.9 Å². The molecule has 0 rings (SSSR count). The maximum atomic E-state index is 12.6. The summed E-state index contributed by atoms with van der Waals surface area (Å²) in [5, 5.41) is 22.3. The van der Waals surface area contributed by atoms with Crippen LogP contribution in [0.15, 0.2) is 17.9 Å². The number of unbranched alkanes of at least 4 members (excludes halogenated alkanes) is 2. The van der Waals surface area contributed by atoms with Gasteiger partial charge in [-0.1, -0.05) is 27.2 Å². The van der Waals surface area contributed by atoms with E-state index in [1.165, 1.54) is 19.9 Å². The molecule has 0 unspecified atom stereocenters. The third-order valence-corrected chi connectivity index (χ3v) is 4.38. The van der Waals surface area contributed by atoms with Gasteiger partial charge in [-0.25, -0.2) is 0 Å². The minimum Gasteiger partial charge on any atom is -0.396 e. The molecule has 160 valence electrons. The van der Waals surface area contributed by atoms with Gasteiger partial charge < -0.3 is 15.5 Å². The number of imide groups is 1. The predicted molar refractivity (Wildman–Crippen MR) is 112 cm³/mol. The van der Waals surface area contributed by atoms with E-state index in [4.69, 9.17) is 0 Å². The molecule has 7 nitrogen and oxygen atoms in total. The molecular formula is C20H34N2O5S. The Labute approximate surface area is 173 Å². The Kier molecular flexibility index (Phi) is 13.6. The maximum Gasteiger partial charge on any atom is 0.258 e. The molecule has 8 heteroatoms. The van der Waals surface area contributed by atoms with Crippen LogP contribution in [0, 0.1) is 5.41 Å². The molecule has 0 bridgehead atoms. The second-order valence-corrected chi connectivity index (χ2v) is 7.62. The van der Waals surface area contributed by atoms with Crippen molar-refractivity contribution in [3.63, 3.8) is 0 Å². The van der Waals surface area contributed by atoms with Crippen molar-refractivity contribution < 1.29 is 24.6 Å². The number of amides is 3. The molecule has 3 N–H and O–H groups in total. The lowest BCUT2D eigenvalue weighted by molar-refractivity contribution is -0.156. The van der Waals surface area contributed by atoms with Gasteiger partial charge in [0.15, 0.2) is 0 Å². The van der Waals surface area contributed by atoms with E-state index in [2.05, 4.69) is 30.6 Å². The highest BCUT2D eigenvalue weighted by Gasteiger charge is 2.37. The summed E-state index contributed by atoms with van der Waals surface area (Å²) in [4.78, 5) is 37.9. The van der Waals surface area contributed by atoms with Gasteiger partial charge in [-0.3, -0.25) is 19.3 Å². The Bertz CT molecular complexity index is 571. The number of carbonyl (C=O) groups is 3. The van der Waals surface area contributed by atoms with E-state index in [1.54, 1.807) is 0 Å². The summed E-state index contributed by atoms with van der Waals surface area (Å²) < 4.78 is 0. The highest BCUT2D eigenvalue weighted by Crippen LogP contribution is 2.22. The summed E-state index contributed by atoms with van der Waals surface area (Å²) in [7, 11) is 0. The lowest BCUT2D eigenvalue weighted by Gasteiger charge is -2.31. The highest BCUT2D eigenvalue weighted by atomic mass is 32.1. The van der Waals surface area contributed by atoms with Gasteiger partial charge in [0.25, 0.3) is 5.91 Å². The Morgan fingerprint density at radius 2 is 1.96 bits per heavy atom. The summed E-state index contributed by atoms with van der Waals surface area (Å²) >= 11 is 4.00. The fraction of sp³-hybridized carbons (Fsp3) is 0.700. The number of hydrogen-bond acceptors (Lipinski definition) is 6. The number of thiol groups is 1. The first kappa shape index (κ1) is 26.4. The van der Waals surface area contributed by atoms with Crippen LogP contribution >= 0.6 is 12.6 Å². The Morgan fingerprint density at radius 1 is 1.29 bits per heavy atom. The number of aliphatic hydroxyl groups excluding tert-OH is 2. The van der Waals surface area contributed by atoms with Crippen molar-refractivity contribution in [3.05, 3.63) is 17.9 Å². The first-order valence-electron chi connectivity index (χ1n) is 9.61. The van der Waals surface area contributed by atoms with Crippen molar-refractivity contribution in [3.8, 4) is 0 Å². The van der Waals surface area contributed by atoms with Gasteiger partial charge in [0.1, 0.15) is 6.10 Å². The van der Waals surface area contributed by atoms with Crippen LogP contribution < -0.4 is 5.32 Å². The number of carbonyl (C=O) groups excluding carboxylic acids is 3. The lowest BCUT2D eigenvalue weighted by Crippen LogP contribution is -2.50. The fourth-order valence-corrected chi connectivity index (χ4v) is 2.26. The molecule has 0 aliphatic carbocycles. The van der Waals surface area contributed by atoms with Crippen LogP contribution in [-0.4, -0.2) is 64.4 Å². The second kappa shape index (κ2) is 14.4.